The molecule has 19 heavy (non-hydrogen) atoms. The molecule has 2 aromatic carbocycles. The summed E-state index contributed by atoms with van der Waals surface area (Å²) in [5.41, 5.74) is 2.56. The highest BCUT2D eigenvalue weighted by atomic mass is 35.5. The van der Waals surface area contributed by atoms with Gasteiger partial charge in [0.05, 0.1) is 10.7 Å². The van der Waals surface area contributed by atoms with Crippen molar-refractivity contribution in [3.63, 3.8) is 0 Å². The molecule has 0 atom stereocenters. The Morgan fingerprint density at radius 2 is 1.95 bits per heavy atom. The van der Waals surface area contributed by atoms with Crippen molar-refractivity contribution >= 4 is 34.7 Å². The molecule has 4 heteroatoms. The Kier molecular flexibility index (Phi) is 4.46. The number of nitrogens with one attached hydrogen (secondary N) is 1. The molecule has 0 fully saturated rings. The molecular weight excluding hydrogens is 281 g/mol. The third-order valence-corrected chi connectivity index (χ3v) is 3.30. The maximum atomic E-state index is 11.3. The molecular formula is C15H13Cl2NO. The first-order chi connectivity index (χ1) is 9.06. The second kappa shape index (κ2) is 6.09. The van der Waals surface area contributed by atoms with Gasteiger partial charge >= 0.3 is 0 Å². The van der Waals surface area contributed by atoms with E-state index in [4.69, 9.17) is 23.2 Å². The first kappa shape index (κ1) is 13.9. The van der Waals surface area contributed by atoms with Gasteiger partial charge in [-0.1, -0.05) is 41.4 Å². The first-order valence-electron chi connectivity index (χ1n) is 5.85. The van der Waals surface area contributed by atoms with Crippen LogP contribution in [0.1, 0.15) is 22.8 Å². The second-order valence-electron chi connectivity index (χ2n) is 4.23. The molecule has 0 aromatic heterocycles. The van der Waals surface area contributed by atoms with Crippen LogP contribution in [0.15, 0.2) is 42.5 Å². The number of rotatable bonds is 4. The van der Waals surface area contributed by atoms with Crippen molar-refractivity contribution in [3.05, 3.63) is 63.6 Å². The highest BCUT2D eigenvalue weighted by Gasteiger charge is 2.03. The normalized spacial score (nSPS) is 10.3. The topological polar surface area (TPSA) is 29.1 Å². The molecule has 0 aliphatic heterocycles. The van der Waals surface area contributed by atoms with E-state index in [1.165, 1.54) is 0 Å². The van der Waals surface area contributed by atoms with E-state index in [9.17, 15) is 4.79 Å². The van der Waals surface area contributed by atoms with Gasteiger partial charge in [0.2, 0.25) is 0 Å². The summed E-state index contributed by atoms with van der Waals surface area (Å²) in [5.74, 6) is 0.0615. The smallest absolute Gasteiger partial charge is 0.159 e. The predicted molar refractivity (Wildman–Crippen MR) is 80.2 cm³/mol. The van der Waals surface area contributed by atoms with Gasteiger partial charge in [-0.05, 0) is 36.8 Å². The van der Waals surface area contributed by atoms with Crippen LogP contribution in [0.5, 0.6) is 0 Å². The van der Waals surface area contributed by atoms with E-state index in [0.29, 0.717) is 22.2 Å². The number of hydrogen-bond donors (Lipinski definition) is 1. The summed E-state index contributed by atoms with van der Waals surface area (Å²) in [6.45, 7) is 2.16. The first-order valence-corrected chi connectivity index (χ1v) is 6.60. The minimum absolute atomic E-state index is 0.0615. The molecule has 0 amide bonds. The number of benzene rings is 2. The number of carbonyl (C=O) groups is 1. The summed E-state index contributed by atoms with van der Waals surface area (Å²) in [6, 6.07) is 12.8. The number of ketones is 1. The molecule has 0 spiro atoms. The summed E-state index contributed by atoms with van der Waals surface area (Å²) < 4.78 is 0. The van der Waals surface area contributed by atoms with Crippen molar-refractivity contribution < 1.29 is 4.79 Å². The molecule has 2 rings (SSSR count). The molecule has 0 heterocycles. The van der Waals surface area contributed by atoms with Gasteiger partial charge in [0.25, 0.3) is 0 Å². The predicted octanol–water partition coefficient (Wildman–Crippen LogP) is 4.81. The second-order valence-corrected chi connectivity index (χ2v) is 5.08. The zero-order chi connectivity index (χ0) is 13.8. The average molecular weight is 294 g/mol. The van der Waals surface area contributed by atoms with E-state index in [2.05, 4.69) is 5.32 Å². The van der Waals surface area contributed by atoms with E-state index in [0.717, 1.165) is 11.3 Å². The lowest BCUT2D eigenvalue weighted by Crippen LogP contribution is -2.01. The summed E-state index contributed by atoms with van der Waals surface area (Å²) in [6.07, 6.45) is 0. The molecule has 0 bridgehead atoms. The number of Topliss-reactive ketones (excluding diaryl/α,β-unsaturated/α-hetero) is 1. The van der Waals surface area contributed by atoms with Gasteiger partial charge < -0.3 is 5.32 Å². The van der Waals surface area contributed by atoms with Gasteiger partial charge in [-0.2, -0.15) is 0 Å². The Morgan fingerprint density at radius 3 is 2.63 bits per heavy atom. The zero-order valence-electron chi connectivity index (χ0n) is 10.4. The number of anilines is 1. The molecule has 0 radical (unpaired) electrons. The molecule has 0 aliphatic carbocycles. The van der Waals surface area contributed by atoms with Crippen LogP contribution in [0.2, 0.25) is 10.0 Å². The van der Waals surface area contributed by atoms with Crippen LogP contribution in [-0.2, 0) is 6.54 Å². The van der Waals surface area contributed by atoms with Gasteiger partial charge in [-0.3, -0.25) is 4.79 Å². The molecule has 0 aliphatic rings. The maximum absolute atomic E-state index is 11.3. The van der Waals surface area contributed by atoms with E-state index in [-0.39, 0.29) is 5.78 Å². The third kappa shape index (κ3) is 3.72. The van der Waals surface area contributed by atoms with E-state index >= 15 is 0 Å². The van der Waals surface area contributed by atoms with Gasteiger partial charge in [0, 0.05) is 17.1 Å². The van der Waals surface area contributed by atoms with E-state index < -0.39 is 0 Å². The van der Waals surface area contributed by atoms with Crippen LogP contribution in [0.3, 0.4) is 0 Å². The fraction of sp³-hybridized carbons (Fsp3) is 0.133. The average Bonchev–Trinajstić information content (AvgIpc) is 2.38. The van der Waals surface area contributed by atoms with Gasteiger partial charge in [-0.15, -0.1) is 0 Å². The highest BCUT2D eigenvalue weighted by Crippen LogP contribution is 2.25. The Hall–Kier alpha value is -1.51. The van der Waals surface area contributed by atoms with Gasteiger partial charge in [0.15, 0.2) is 5.78 Å². The Bertz CT molecular complexity index is 611. The molecule has 2 aromatic rings. The SMILES string of the molecule is CC(=O)c1cccc(CNc2ccc(Cl)cc2Cl)c1. The van der Waals surface area contributed by atoms with Crippen LogP contribution in [-0.4, -0.2) is 5.78 Å². The van der Waals surface area contributed by atoms with Gasteiger partial charge in [-0.25, -0.2) is 0 Å². The summed E-state index contributed by atoms with van der Waals surface area (Å²) >= 11 is 11.9. The molecule has 0 saturated heterocycles. The van der Waals surface area contributed by atoms with Crippen LogP contribution < -0.4 is 5.32 Å². The highest BCUT2D eigenvalue weighted by molar-refractivity contribution is 6.36. The van der Waals surface area contributed by atoms with E-state index in [1.54, 1.807) is 25.1 Å². The van der Waals surface area contributed by atoms with Crippen molar-refractivity contribution in [2.45, 2.75) is 13.5 Å². The van der Waals surface area contributed by atoms with Crippen LogP contribution in [0, 0.1) is 0 Å². The van der Waals surface area contributed by atoms with E-state index in [1.807, 2.05) is 24.3 Å². The molecule has 1 N–H and O–H groups in total. The third-order valence-electron chi connectivity index (χ3n) is 2.75. The van der Waals surface area contributed by atoms with Crippen molar-refractivity contribution in [2.75, 3.05) is 5.32 Å². The summed E-state index contributed by atoms with van der Waals surface area (Å²) in [5, 5.41) is 4.41. The Morgan fingerprint density at radius 1 is 1.16 bits per heavy atom. The summed E-state index contributed by atoms with van der Waals surface area (Å²) in [7, 11) is 0. The van der Waals surface area contributed by atoms with Crippen molar-refractivity contribution in [3.8, 4) is 0 Å². The lowest BCUT2D eigenvalue weighted by Gasteiger charge is -2.09. The fourth-order valence-electron chi connectivity index (χ4n) is 1.73. The lowest BCUT2D eigenvalue weighted by atomic mass is 10.1. The summed E-state index contributed by atoms with van der Waals surface area (Å²) in [4.78, 5) is 11.3. The minimum atomic E-state index is 0.0615. The number of hydrogen-bond acceptors (Lipinski definition) is 2. The monoisotopic (exact) mass is 293 g/mol. The quantitative estimate of drug-likeness (QED) is 0.820. The minimum Gasteiger partial charge on any atom is -0.380 e. The van der Waals surface area contributed by atoms with Gasteiger partial charge in [0.1, 0.15) is 0 Å². The van der Waals surface area contributed by atoms with Crippen LogP contribution >= 0.6 is 23.2 Å². The zero-order valence-corrected chi connectivity index (χ0v) is 11.9. The largest absolute Gasteiger partial charge is 0.380 e. The van der Waals surface area contributed by atoms with Crippen molar-refractivity contribution in [1.82, 2.24) is 0 Å². The Balaban J connectivity index is 2.10. The fourth-order valence-corrected chi connectivity index (χ4v) is 2.21. The standard InChI is InChI=1S/C15H13Cl2NO/c1-10(19)12-4-2-3-11(7-12)9-18-15-6-5-13(16)8-14(15)17/h2-8,18H,9H2,1H3. The number of halogens is 2. The van der Waals surface area contributed by atoms with Crippen LogP contribution in [0.25, 0.3) is 0 Å². The molecule has 98 valence electrons. The van der Waals surface area contributed by atoms with Crippen molar-refractivity contribution in [1.29, 1.82) is 0 Å². The maximum Gasteiger partial charge on any atom is 0.159 e. The Labute approximate surface area is 122 Å². The molecule has 0 saturated carbocycles. The lowest BCUT2D eigenvalue weighted by molar-refractivity contribution is 0.101. The number of carbonyl (C=O) groups excluding carboxylic acids is 1. The van der Waals surface area contributed by atoms with Crippen LogP contribution in [0.4, 0.5) is 5.69 Å². The molecule has 2 nitrogen and oxygen atoms in total. The van der Waals surface area contributed by atoms with Crippen molar-refractivity contribution in [2.24, 2.45) is 0 Å². The molecule has 0 unspecified atom stereocenters.